The molecule has 2 aromatic rings. The van der Waals surface area contributed by atoms with Gasteiger partial charge in [0.15, 0.2) is 26.8 Å². The molecule has 0 fully saturated rings. The summed E-state index contributed by atoms with van der Waals surface area (Å²) in [7, 11) is 1.06. The Morgan fingerprint density at radius 1 is 0.789 bits per heavy atom. The third kappa shape index (κ3) is 1.60. The third-order valence-electron chi connectivity index (χ3n) is 3.63. The molecule has 96 valence electrons. The van der Waals surface area contributed by atoms with Crippen molar-refractivity contribution in [2.45, 2.75) is 5.79 Å². The van der Waals surface area contributed by atoms with Crippen molar-refractivity contribution in [1.82, 2.24) is 0 Å². The minimum absolute atomic E-state index is 0.0410. The maximum absolute atomic E-state index is 12.5. The Balaban J connectivity index is 2.39. The lowest BCUT2D eigenvalue weighted by Gasteiger charge is -2.38. The topological polar surface area (TPSA) is 35.5 Å². The molecule has 1 aliphatic carbocycles. The molecule has 0 radical (unpaired) electrons. The summed E-state index contributed by atoms with van der Waals surface area (Å²) in [5, 5.41) is 0. The number of carbonyl (C=O) groups excluding carboxylic acids is 1. The predicted octanol–water partition coefficient (Wildman–Crippen LogP) is 0.0261. The first kappa shape index (κ1) is 12.5. The zero-order valence-corrected chi connectivity index (χ0v) is 14.8. The van der Waals surface area contributed by atoms with E-state index in [0.29, 0.717) is 32.1 Å². The zero-order valence-electron chi connectivity index (χ0n) is 10.8. The number of hydrogen-bond donors (Lipinski definition) is 0. The standard InChI is InChI=1S/C14H14O3Si2/c15-13-9-5-1-3-7-11(9)14(16-18,17-19)12-8-4-2-6-10(12)13/h1-8H,18-19H3. The van der Waals surface area contributed by atoms with Gasteiger partial charge >= 0.3 is 0 Å². The van der Waals surface area contributed by atoms with Crippen molar-refractivity contribution in [3.8, 4) is 0 Å². The van der Waals surface area contributed by atoms with Crippen LogP contribution in [0.2, 0.25) is 0 Å². The van der Waals surface area contributed by atoms with Crippen molar-refractivity contribution in [1.29, 1.82) is 0 Å². The van der Waals surface area contributed by atoms with Crippen LogP contribution in [-0.4, -0.2) is 26.8 Å². The van der Waals surface area contributed by atoms with Gasteiger partial charge in [-0.1, -0.05) is 48.5 Å². The largest absolute Gasteiger partial charge is 0.395 e. The molecule has 0 spiro atoms. The van der Waals surface area contributed by atoms with Crippen molar-refractivity contribution >= 4 is 26.8 Å². The molecule has 0 N–H and O–H groups in total. The van der Waals surface area contributed by atoms with Gasteiger partial charge in [0, 0.05) is 22.3 Å². The maximum Gasteiger partial charge on any atom is 0.203 e. The summed E-state index contributed by atoms with van der Waals surface area (Å²) in [4.78, 5) is 12.5. The van der Waals surface area contributed by atoms with E-state index in [0.717, 1.165) is 11.1 Å². The molecule has 0 aromatic heterocycles. The lowest BCUT2D eigenvalue weighted by atomic mass is 9.81. The van der Waals surface area contributed by atoms with Crippen LogP contribution in [-0.2, 0) is 14.6 Å². The highest BCUT2D eigenvalue weighted by Gasteiger charge is 2.43. The van der Waals surface area contributed by atoms with Crippen LogP contribution in [0.15, 0.2) is 48.5 Å². The monoisotopic (exact) mass is 286 g/mol. The Morgan fingerprint density at radius 3 is 1.63 bits per heavy atom. The first-order chi connectivity index (χ1) is 9.24. The van der Waals surface area contributed by atoms with Crippen molar-refractivity contribution in [3.05, 3.63) is 70.8 Å². The fraction of sp³-hybridized carbons (Fsp3) is 0.0714. The molecule has 0 heterocycles. The second-order valence-corrected chi connectivity index (χ2v) is 5.26. The van der Waals surface area contributed by atoms with Crippen molar-refractivity contribution < 1.29 is 13.6 Å². The highest BCUT2D eigenvalue weighted by atomic mass is 28.2. The average molecular weight is 286 g/mol. The number of carbonyl (C=O) groups is 1. The van der Waals surface area contributed by atoms with Gasteiger partial charge in [-0.3, -0.25) is 4.79 Å². The van der Waals surface area contributed by atoms with Crippen LogP contribution in [0.25, 0.3) is 0 Å². The fourth-order valence-corrected chi connectivity index (χ4v) is 4.30. The molecule has 0 saturated carbocycles. The highest BCUT2D eigenvalue weighted by molar-refractivity contribution is 6.13. The van der Waals surface area contributed by atoms with Gasteiger partial charge in [0.05, 0.1) is 0 Å². The molecule has 0 amide bonds. The van der Waals surface area contributed by atoms with Gasteiger partial charge in [0.2, 0.25) is 5.79 Å². The van der Waals surface area contributed by atoms with Crippen LogP contribution in [0, 0.1) is 0 Å². The molecule has 3 rings (SSSR count). The van der Waals surface area contributed by atoms with Crippen LogP contribution in [0.3, 0.4) is 0 Å². The van der Waals surface area contributed by atoms with Crippen molar-refractivity contribution in [2.75, 3.05) is 0 Å². The Hall–Kier alpha value is -1.54. The molecule has 0 atom stereocenters. The van der Waals surface area contributed by atoms with Gasteiger partial charge in [-0.2, -0.15) is 0 Å². The Labute approximate surface area is 117 Å². The van der Waals surface area contributed by atoms with E-state index in [4.69, 9.17) is 8.85 Å². The van der Waals surface area contributed by atoms with Gasteiger partial charge < -0.3 is 8.85 Å². The average Bonchev–Trinajstić information content (AvgIpc) is 2.49. The predicted molar refractivity (Wildman–Crippen MR) is 79.1 cm³/mol. The summed E-state index contributed by atoms with van der Waals surface area (Å²) < 4.78 is 11.7. The lowest BCUT2D eigenvalue weighted by Crippen LogP contribution is -2.39. The van der Waals surface area contributed by atoms with E-state index in [2.05, 4.69) is 0 Å². The molecular formula is C14H14O3Si2. The molecule has 19 heavy (non-hydrogen) atoms. The molecule has 1 aliphatic rings. The summed E-state index contributed by atoms with van der Waals surface area (Å²) in [6.07, 6.45) is 0. The molecule has 0 aliphatic heterocycles. The van der Waals surface area contributed by atoms with E-state index >= 15 is 0 Å². The van der Waals surface area contributed by atoms with E-state index in [1.165, 1.54) is 0 Å². The van der Waals surface area contributed by atoms with E-state index in [-0.39, 0.29) is 5.78 Å². The molecule has 0 saturated heterocycles. The summed E-state index contributed by atoms with van der Waals surface area (Å²) in [5.74, 6) is -0.848. The normalized spacial score (nSPS) is 16.1. The molecule has 3 nitrogen and oxygen atoms in total. The molecule has 0 bridgehead atoms. The minimum Gasteiger partial charge on any atom is -0.395 e. The third-order valence-corrected chi connectivity index (χ3v) is 4.78. The first-order valence-electron chi connectivity index (χ1n) is 6.08. The van der Waals surface area contributed by atoms with Crippen LogP contribution >= 0.6 is 0 Å². The van der Waals surface area contributed by atoms with E-state index < -0.39 is 5.79 Å². The molecule has 0 unspecified atom stereocenters. The van der Waals surface area contributed by atoms with Crippen LogP contribution in [0.1, 0.15) is 27.0 Å². The molecule has 5 heteroatoms. The summed E-state index contributed by atoms with van der Waals surface area (Å²) in [6.45, 7) is 0. The van der Waals surface area contributed by atoms with E-state index in [1.54, 1.807) is 0 Å². The first-order valence-corrected chi connectivity index (χ1v) is 7.72. The quantitative estimate of drug-likeness (QED) is 0.577. The molecular weight excluding hydrogens is 272 g/mol. The lowest BCUT2D eigenvalue weighted by molar-refractivity contribution is -0.0769. The van der Waals surface area contributed by atoms with Crippen LogP contribution in [0.5, 0.6) is 0 Å². The fourth-order valence-electron chi connectivity index (χ4n) is 2.75. The van der Waals surface area contributed by atoms with Gasteiger partial charge in [-0.25, -0.2) is 0 Å². The maximum atomic E-state index is 12.5. The number of rotatable bonds is 2. The number of hydrogen-bond acceptors (Lipinski definition) is 3. The summed E-state index contributed by atoms with van der Waals surface area (Å²) in [6, 6.07) is 15.1. The number of ketones is 1. The van der Waals surface area contributed by atoms with Gasteiger partial charge in [0.25, 0.3) is 0 Å². The van der Waals surface area contributed by atoms with Crippen molar-refractivity contribution in [3.63, 3.8) is 0 Å². The van der Waals surface area contributed by atoms with E-state index in [1.807, 2.05) is 48.5 Å². The highest BCUT2D eigenvalue weighted by Crippen LogP contribution is 2.42. The zero-order chi connectivity index (χ0) is 13.5. The second kappa shape index (κ2) is 4.54. The van der Waals surface area contributed by atoms with Crippen LogP contribution < -0.4 is 0 Å². The van der Waals surface area contributed by atoms with E-state index in [9.17, 15) is 4.79 Å². The number of benzene rings is 2. The van der Waals surface area contributed by atoms with Gasteiger partial charge in [-0.15, -0.1) is 0 Å². The van der Waals surface area contributed by atoms with Crippen molar-refractivity contribution in [2.24, 2.45) is 0 Å². The van der Waals surface area contributed by atoms with Gasteiger partial charge in [-0.05, 0) is 0 Å². The summed E-state index contributed by atoms with van der Waals surface area (Å²) >= 11 is 0. The SMILES string of the molecule is O=C1c2ccccc2C(O[SiH3])(O[SiH3])c2ccccc21. The second-order valence-electron chi connectivity index (χ2n) is 4.45. The minimum atomic E-state index is -0.889. The smallest absolute Gasteiger partial charge is 0.203 e. The number of fused-ring (bicyclic) bond motifs is 2. The Bertz CT molecular complexity index is 599. The summed E-state index contributed by atoms with van der Waals surface area (Å²) in [5.41, 5.74) is 2.99. The molecule has 2 aromatic carbocycles. The Kier molecular flexibility index (Phi) is 2.98. The van der Waals surface area contributed by atoms with Gasteiger partial charge in [0.1, 0.15) is 0 Å². The Morgan fingerprint density at radius 2 is 1.21 bits per heavy atom. The van der Waals surface area contributed by atoms with Crippen LogP contribution in [0.4, 0.5) is 0 Å².